The van der Waals surface area contributed by atoms with Gasteiger partial charge < -0.3 is 9.47 Å². The third kappa shape index (κ3) is 5.11. The summed E-state index contributed by atoms with van der Waals surface area (Å²) in [6.45, 7) is 1.94. The van der Waals surface area contributed by atoms with Gasteiger partial charge in [0, 0.05) is 21.9 Å². The van der Waals surface area contributed by atoms with Gasteiger partial charge >= 0.3 is 0 Å². The molecular weight excluding hydrogens is 436 g/mol. The van der Waals surface area contributed by atoms with Crippen LogP contribution in [0, 0.1) is 6.92 Å². The molecule has 1 aliphatic rings. The van der Waals surface area contributed by atoms with Crippen molar-refractivity contribution in [2.45, 2.75) is 11.5 Å². The molecule has 0 spiro atoms. The topological polar surface area (TPSA) is 60.5 Å². The van der Waals surface area contributed by atoms with Gasteiger partial charge in [-0.25, -0.2) is 4.98 Å². The van der Waals surface area contributed by atoms with E-state index in [2.05, 4.69) is 22.4 Å². The first-order valence-electron chi connectivity index (χ1n) is 9.50. The number of methoxy groups -OCH3 is 1. The summed E-state index contributed by atoms with van der Waals surface area (Å²) >= 11 is 5.39. The molecule has 0 saturated carbocycles. The first-order chi connectivity index (χ1) is 14.6. The molecule has 2 heterocycles. The van der Waals surface area contributed by atoms with Crippen LogP contribution in [-0.2, 0) is 4.79 Å². The number of aryl methyl sites for hydroxylation is 1. The molecule has 1 aromatic heterocycles. The molecule has 0 atom stereocenters. The second-order valence-corrected chi connectivity index (χ2v) is 10.6. The van der Waals surface area contributed by atoms with Crippen molar-refractivity contribution in [1.82, 2.24) is 4.98 Å². The fraction of sp³-hybridized carbons (Fsp3) is 0.273. The summed E-state index contributed by atoms with van der Waals surface area (Å²) in [5, 5.41) is 3.40. The molecule has 1 amide bonds. The van der Waals surface area contributed by atoms with E-state index in [0.29, 0.717) is 15.5 Å². The van der Waals surface area contributed by atoms with Crippen LogP contribution in [0.5, 0.6) is 11.5 Å². The Hall–Kier alpha value is -2.16. The second kappa shape index (κ2) is 9.76. The average Bonchev–Trinajstić information content (AvgIpc) is 3.43. The zero-order valence-electron chi connectivity index (χ0n) is 16.7. The number of hydrogen-bond acceptors (Lipinski definition) is 7. The molecule has 4 rings (SSSR count). The summed E-state index contributed by atoms with van der Waals surface area (Å²) in [5.41, 5.74) is 3.14. The molecule has 2 aromatic carbocycles. The average molecular weight is 459 g/mol. The highest BCUT2D eigenvalue weighted by molar-refractivity contribution is 8.19. The monoisotopic (exact) mass is 458 g/mol. The van der Waals surface area contributed by atoms with Crippen LogP contribution in [0.25, 0.3) is 11.3 Å². The van der Waals surface area contributed by atoms with Gasteiger partial charge in [0.2, 0.25) is 0 Å². The number of thiazole rings is 1. The van der Waals surface area contributed by atoms with Gasteiger partial charge in [0.25, 0.3) is 5.91 Å². The highest BCUT2D eigenvalue weighted by atomic mass is 32.2. The Labute approximate surface area is 188 Å². The molecule has 0 aliphatic carbocycles. The quantitative estimate of drug-likeness (QED) is 0.496. The Morgan fingerprint density at radius 1 is 1.07 bits per heavy atom. The number of benzene rings is 2. The normalized spacial score (nSPS) is 13.9. The standard InChI is InChI=1S/C22H22N2O3S3/c1-14-20(15-3-7-17(26-2)8-4-15)24-22(30-14)23-19(25)13-27-18-9-5-16(6-10-18)21-28-11-12-29-21/h3-10,21H,11-13H2,1-2H3,(H,23,24,25). The lowest BCUT2D eigenvalue weighted by Gasteiger charge is -2.10. The van der Waals surface area contributed by atoms with Crippen LogP contribution in [0.3, 0.4) is 0 Å². The summed E-state index contributed by atoms with van der Waals surface area (Å²) in [6.07, 6.45) is 0. The minimum Gasteiger partial charge on any atom is -0.497 e. The molecule has 1 fully saturated rings. The van der Waals surface area contributed by atoms with Gasteiger partial charge in [-0.15, -0.1) is 34.9 Å². The van der Waals surface area contributed by atoms with Crippen molar-refractivity contribution >= 4 is 45.9 Å². The first kappa shape index (κ1) is 21.1. The molecule has 3 aromatic rings. The van der Waals surface area contributed by atoms with E-state index in [1.54, 1.807) is 7.11 Å². The van der Waals surface area contributed by atoms with Crippen molar-refractivity contribution in [2.75, 3.05) is 30.5 Å². The maximum atomic E-state index is 12.3. The van der Waals surface area contributed by atoms with Crippen molar-refractivity contribution in [3.63, 3.8) is 0 Å². The molecule has 8 heteroatoms. The van der Waals surface area contributed by atoms with Crippen LogP contribution in [0.15, 0.2) is 48.5 Å². The second-order valence-electron chi connectivity index (χ2n) is 6.63. The Bertz CT molecular complexity index is 997. The summed E-state index contributed by atoms with van der Waals surface area (Å²) in [6, 6.07) is 15.7. The number of aromatic nitrogens is 1. The minimum absolute atomic E-state index is 0.0528. The molecule has 5 nitrogen and oxygen atoms in total. The molecule has 1 saturated heterocycles. The lowest BCUT2D eigenvalue weighted by Crippen LogP contribution is -2.20. The van der Waals surface area contributed by atoms with Gasteiger partial charge in [0.15, 0.2) is 11.7 Å². The molecule has 0 radical (unpaired) electrons. The molecule has 1 N–H and O–H groups in total. The molecular formula is C22H22N2O3S3. The van der Waals surface area contributed by atoms with Crippen molar-refractivity contribution in [2.24, 2.45) is 0 Å². The van der Waals surface area contributed by atoms with Crippen molar-refractivity contribution in [3.8, 4) is 22.8 Å². The minimum atomic E-state index is -0.226. The smallest absolute Gasteiger partial charge is 0.264 e. The number of hydrogen-bond donors (Lipinski definition) is 1. The zero-order chi connectivity index (χ0) is 20.9. The Kier molecular flexibility index (Phi) is 6.86. The number of ether oxygens (including phenoxy) is 2. The van der Waals surface area contributed by atoms with Crippen LogP contribution in [0.4, 0.5) is 5.13 Å². The van der Waals surface area contributed by atoms with Gasteiger partial charge in [-0.05, 0) is 48.9 Å². The maximum Gasteiger partial charge on any atom is 0.264 e. The summed E-state index contributed by atoms with van der Waals surface area (Å²) in [7, 11) is 1.64. The number of amides is 1. The third-order valence-corrected chi connectivity index (χ3v) is 8.54. The van der Waals surface area contributed by atoms with E-state index in [-0.39, 0.29) is 12.5 Å². The van der Waals surface area contributed by atoms with Gasteiger partial charge in [-0.1, -0.05) is 12.1 Å². The number of carbonyl (C=O) groups is 1. The van der Waals surface area contributed by atoms with E-state index in [1.165, 1.54) is 28.4 Å². The summed E-state index contributed by atoms with van der Waals surface area (Å²) < 4.78 is 11.3. The fourth-order valence-electron chi connectivity index (χ4n) is 3.04. The number of thioether (sulfide) groups is 2. The maximum absolute atomic E-state index is 12.3. The van der Waals surface area contributed by atoms with E-state index in [0.717, 1.165) is 21.9 Å². The lowest BCUT2D eigenvalue weighted by atomic mass is 10.1. The van der Waals surface area contributed by atoms with E-state index in [9.17, 15) is 4.79 Å². The highest BCUT2D eigenvalue weighted by Crippen LogP contribution is 2.45. The van der Waals surface area contributed by atoms with Crippen LogP contribution in [-0.4, -0.2) is 36.1 Å². The van der Waals surface area contributed by atoms with Gasteiger partial charge in [-0.2, -0.15) is 0 Å². The summed E-state index contributed by atoms with van der Waals surface area (Å²) in [5.74, 6) is 3.66. The first-order valence-corrected chi connectivity index (χ1v) is 12.4. The lowest BCUT2D eigenvalue weighted by molar-refractivity contribution is -0.118. The van der Waals surface area contributed by atoms with Crippen molar-refractivity contribution in [1.29, 1.82) is 0 Å². The van der Waals surface area contributed by atoms with E-state index in [4.69, 9.17) is 9.47 Å². The Morgan fingerprint density at radius 3 is 2.40 bits per heavy atom. The van der Waals surface area contributed by atoms with Gasteiger partial charge in [0.1, 0.15) is 11.5 Å². The predicted octanol–water partition coefficient (Wildman–Crippen LogP) is 5.62. The SMILES string of the molecule is COc1ccc(-c2nc(NC(=O)COc3ccc(C4SCCS4)cc3)sc2C)cc1. The van der Waals surface area contributed by atoms with Gasteiger partial charge in [-0.3, -0.25) is 10.1 Å². The number of nitrogens with one attached hydrogen (secondary N) is 1. The fourth-order valence-corrected chi connectivity index (χ4v) is 6.75. The van der Waals surface area contributed by atoms with E-state index >= 15 is 0 Å². The Balaban J connectivity index is 1.32. The number of carbonyl (C=O) groups excluding carboxylic acids is 1. The van der Waals surface area contributed by atoms with Crippen LogP contribution < -0.4 is 14.8 Å². The van der Waals surface area contributed by atoms with Crippen LogP contribution in [0.1, 0.15) is 15.0 Å². The van der Waals surface area contributed by atoms with Crippen LogP contribution in [0.2, 0.25) is 0 Å². The molecule has 1 aliphatic heterocycles. The van der Waals surface area contributed by atoms with Crippen molar-refractivity contribution in [3.05, 3.63) is 59.0 Å². The van der Waals surface area contributed by atoms with Gasteiger partial charge in [0.05, 0.1) is 17.4 Å². The Morgan fingerprint density at radius 2 is 1.73 bits per heavy atom. The zero-order valence-corrected chi connectivity index (χ0v) is 19.2. The highest BCUT2D eigenvalue weighted by Gasteiger charge is 2.18. The van der Waals surface area contributed by atoms with Crippen molar-refractivity contribution < 1.29 is 14.3 Å². The summed E-state index contributed by atoms with van der Waals surface area (Å²) in [4.78, 5) is 17.9. The van der Waals surface area contributed by atoms with Crippen LogP contribution >= 0.6 is 34.9 Å². The predicted molar refractivity (Wildman–Crippen MR) is 127 cm³/mol. The number of rotatable bonds is 7. The third-order valence-electron chi connectivity index (χ3n) is 4.55. The van der Waals surface area contributed by atoms with E-state index < -0.39 is 0 Å². The largest absolute Gasteiger partial charge is 0.497 e. The number of nitrogens with zero attached hydrogens (tertiary/aromatic N) is 1. The van der Waals surface area contributed by atoms with E-state index in [1.807, 2.05) is 66.8 Å². The molecule has 156 valence electrons. The number of anilines is 1. The molecule has 0 bridgehead atoms. The molecule has 0 unspecified atom stereocenters. The molecule has 30 heavy (non-hydrogen) atoms.